The van der Waals surface area contributed by atoms with Crippen LogP contribution in [0.25, 0.3) is 0 Å². The number of hydrogen-bond acceptors (Lipinski definition) is 5. The summed E-state index contributed by atoms with van der Waals surface area (Å²) in [6.45, 7) is 0. The number of hydroxylamine groups is 1. The van der Waals surface area contributed by atoms with Crippen molar-refractivity contribution in [3.63, 3.8) is 0 Å². The number of hydrogen-bond donors (Lipinski definition) is 2. The molecule has 6 nitrogen and oxygen atoms in total. The average Bonchev–Trinajstić information content (AvgIpc) is 1.59. The first-order chi connectivity index (χ1) is 4.01. The van der Waals surface area contributed by atoms with Crippen LogP contribution in [0.5, 0.6) is 0 Å². The third-order valence-corrected chi connectivity index (χ3v) is 2.67. The molecule has 0 radical (unpaired) electrons. The van der Waals surface area contributed by atoms with Gasteiger partial charge in [0.25, 0.3) is 0 Å². The maximum atomic E-state index is 10.1. The van der Waals surface area contributed by atoms with Crippen LogP contribution in [0.15, 0.2) is 0 Å². The van der Waals surface area contributed by atoms with E-state index in [1.54, 1.807) is 0 Å². The van der Waals surface area contributed by atoms with Crippen LogP contribution < -0.4 is 5.73 Å². The molecular weight excluding hydrogens is 166 g/mol. The molecule has 52 valence electrons. The smallest absolute Gasteiger partial charge is 0.365 e. The first-order valence-electron chi connectivity index (χ1n) is 1.79. The second-order valence-electron chi connectivity index (χ2n) is 1.20. The van der Waals surface area contributed by atoms with Crippen LogP contribution >= 0.6 is 11.0 Å². The molecule has 0 bridgehead atoms. The zero-order valence-electron chi connectivity index (χ0n) is 4.07. The van der Waals surface area contributed by atoms with E-state index >= 15 is 0 Å². The van der Waals surface area contributed by atoms with E-state index in [9.17, 15) is 8.42 Å². The van der Waals surface area contributed by atoms with Crippen molar-refractivity contribution in [3.05, 3.63) is 0 Å². The summed E-state index contributed by atoms with van der Waals surface area (Å²) in [4.78, 5) is 0. The van der Waals surface area contributed by atoms with Crippen molar-refractivity contribution in [2.75, 3.05) is 0 Å². The lowest BCUT2D eigenvalue weighted by Crippen LogP contribution is -2.40. The van der Waals surface area contributed by atoms with Gasteiger partial charge in [-0.15, -0.1) is 8.75 Å². The van der Waals surface area contributed by atoms with Crippen molar-refractivity contribution >= 4 is 26.1 Å². The summed E-state index contributed by atoms with van der Waals surface area (Å²) in [7, 11) is -3.08. The van der Waals surface area contributed by atoms with Crippen LogP contribution in [0.1, 0.15) is 0 Å². The van der Waals surface area contributed by atoms with Crippen LogP contribution in [0, 0.1) is 5.41 Å². The number of guanidine groups is 1. The largest absolute Gasteiger partial charge is 0.367 e. The topological polar surface area (TPSA) is 96.5 Å². The van der Waals surface area contributed by atoms with Gasteiger partial charge in [0.05, 0.1) is 0 Å². The average molecular weight is 169 g/mol. The van der Waals surface area contributed by atoms with Crippen LogP contribution in [-0.4, -0.2) is 18.8 Å². The lowest BCUT2D eigenvalue weighted by molar-refractivity contribution is 0.122. The molecule has 0 aromatic carbocycles. The Balaban J connectivity index is 2.55. The molecule has 1 saturated heterocycles. The van der Waals surface area contributed by atoms with Crippen LogP contribution in [-0.2, 0) is 13.4 Å². The molecular formula is CH3N3O3S2. The second-order valence-corrected chi connectivity index (χ2v) is 4.32. The van der Waals surface area contributed by atoms with Gasteiger partial charge in [-0.1, -0.05) is 0 Å². The van der Waals surface area contributed by atoms with Gasteiger partial charge < -0.3 is 5.73 Å². The molecule has 0 spiro atoms. The van der Waals surface area contributed by atoms with Crippen molar-refractivity contribution in [2.45, 2.75) is 0 Å². The first kappa shape index (κ1) is 6.65. The maximum absolute atomic E-state index is 10.1. The number of nitrogens with one attached hydrogen (secondary N) is 1. The van der Waals surface area contributed by atoms with Crippen molar-refractivity contribution in [1.82, 2.24) is 4.47 Å². The summed E-state index contributed by atoms with van der Waals surface area (Å²) in [6, 6.07) is 0. The maximum Gasteiger partial charge on any atom is 0.365 e. The zero-order valence-corrected chi connectivity index (χ0v) is 5.70. The zero-order chi connectivity index (χ0) is 7.07. The van der Waals surface area contributed by atoms with Gasteiger partial charge in [-0.2, -0.15) is 8.42 Å². The van der Waals surface area contributed by atoms with Crippen molar-refractivity contribution in [1.29, 1.82) is 5.41 Å². The van der Waals surface area contributed by atoms with Gasteiger partial charge in [0.15, 0.2) is 0 Å². The lowest BCUT2D eigenvalue weighted by Gasteiger charge is -2.24. The Hall–Kier alpha value is -0.470. The summed E-state index contributed by atoms with van der Waals surface area (Å²) in [5.74, 6) is -0.435. The van der Waals surface area contributed by atoms with E-state index < -0.39 is 15.1 Å². The molecule has 1 aliphatic heterocycles. The summed E-state index contributed by atoms with van der Waals surface area (Å²) >= 11 is 0. The summed E-state index contributed by atoms with van der Waals surface area (Å²) in [5, 5.41) is 6.62. The minimum absolute atomic E-state index is 0.373. The van der Waals surface area contributed by atoms with Gasteiger partial charge in [0, 0.05) is 0 Å². The number of rotatable bonds is 0. The minimum Gasteiger partial charge on any atom is -0.367 e. The summed E-state index contributed by atoms with van der Waals surface area (Å²) in [6.07, 6.45) is 0. The van der Waals surface area contributed by atoms with Gasteiger partial charge in [0.2, 0.25) is 5.96 Å². The lowest BCUT2D eigenvalue weighted by atomic mass is 11.1. The van der Waals surface area contributed by atoms with Gasteiger partial charge in [-0.05, 0) is 0 Å². The summed E-state index contributed by atoms with van der Waals surface area (Å²) in [5.41, 5.74) is 4.82. The van der Waals surface area contributed by atoms with E-state index in [1.807, 2.05) is 0 Å². The van der Waals surface area contributed by atoms with Gasteiger partial charge in [0.1, 0.15) is 11.0 Å². The Kier molecular flexibility index (Phi) is 1.30. The fraction of sp³-hybridized carbons (Fsp3) is 0. The van der Waals surface area contributed by atoms with E-state index in [0.29, 0.717) is 15.4 Å². The number of nitrogens with two attached hydrogens (primary N) is 1. The molecule has 0 amide bonds. The third-order valence-electron chi connectivity index (χ3n) is 0.515. The first-order valence-corrected chi connectivity index (χ1v) is 4.49. The molecule has 1 aliphatic rings. The van der Waals surface area contributed by atoms with Crippen molar-refractivity contribution < 1.29 is 12.7 Å². The molecule has 0 saturated carbocycles. The highest BCUT2D eigenvalue weighted by Gasteiger charge is 2.36. The molecule has 0 aliphatic carbocycles. The molecule has 0 atom stereocenters. The molecule has 0 aromatic heterocycles. The molecule has 8 heteroatoms. The van der Waals surface area contributed by atoms with Gasteiger partial charge >= 0.3 is 9.15 Å². The Labute approximate surface area is 55.1 Å². The van der Waals surface area contributed by atoms with Gasteiger partial charge in [-0.25, -0.2) is 0 Å². The van der Waals surface area contributed by atoms with Gasteiger partial charge in [-0.3, -0.25) is 5.41 Å². The molecule has 9 heavy (non-hydrogen) atoms. The highest BCUT2D eigenvalue weighted by Crippen LogP contribution is 2.32. The summed E-state index contributed by atoms with van der Waals surface area (Å²) < 4.78 is 25.0. The quantitative estimate of drug-likeness (QED) is 0.209. The van der Waals surface area contributed by atoms with E-state index in [1.165, 1.54) is 0 Å². The second kappa shape index (κ2) is 1.75. The van der Waals surface area contributed by atoms with E-state index in [-0.39, 0.29) is 0 Å². The Morgan fingerprint density at radius 3 is 2.33 bits per heavy atom. The van der Waals surface area contributed by atoms with Crippen molar-refractivity contribution in [3.8, 4) is 0 Å². The molecule has 0 unspecified atom stereocenters. The van der Waals surface area contributed by atoms with Crippen LogP contribution in [0.3, 0.4) is 0 Å². The molecule has 3 N–H and O–H groups in total. The predicted octanol–water partition coefficient (Wildman–Crippen LogP) is -0.980. The monoisotopic (exact) mass is 169 g/mol. The van der Waals surface area contributed by atoms with E-state index in [2.05, 4.69) is 4.28 Å². The molecule has 1 rings (SSSR count). The minimum atomic E-state index is -3.45. The fourth-order valence-corrected chi connectivity index (χ4v) is 1.84. The molecule has 0 aromatic rings. The normalized spacial score (nSPS) is 22.9. The highest BCUT2D eigenvalue weighted by molar-refractivity contribution is 8.71. The standard InChI is InChI=1S/CH3N3O3S2/c2-1(3)4-7-9(5,6)8-4/h(H3,2,3). The third kappa shape index (κ3) is 1.26. The Morgan fingerprint density at radius 2 is 2.22 bits per heavy atom. The van der Waals surface area contributed by atoms with Crippen LogP contribution in [0.4, 0.5) is 0 Å². The molecule has 1 fully saturated rings. The van der Waals surface area contributed by atoms with E-state index in [4.69, 9.17) is 11.1 Å². The van der Waals surface area contributed by atoms with Crippen LogP contribution in [0.2, 0.25) is 0 Å². The van der Waals surface area contributed by atoms with Crippen molar-refractivity contribution in [2.24, 2.45) is 5.73 Å². The SMILES string of the molecule is N=C(N)N1OS(=O)(=O)S1. The highest BCUT2D eigenvalue weighted by atomic mass is 33.2. The predicted molar refractivity (Wildman–Crippen MR) is 31.3 cm³/mol. The Morgan fingerprint density at radius 1 is 1.78 bits per heavy atom. The molecule has 1 heterocycles. The number of nitrogens with zero attached hydrogens (tertiary/aromatic N) is 1. The Bertz CT molecular complexity index is 219. The fourth-order valence-electron chi connectivity index (χ4n) is 0.252. The van der Waals surface area contributed by atoms with E-state index in [0.717, 1.165) is 0 Å².